The summed E-state index contributed by atoms with van der Waals surface area (Å²) in [6.07, 6.45) is 6.37. The summed E-state index contributed by atoms with van der Waals surface area (Å²) in [6, 6.07) is 15.7. The number of halogens is 2. The minimum atomic E-state index is -0.753. The van der Waals surface area contributed by atoms with Gasteiger partial charge in [0.15, 0.2) is 28.5 Å². The maximum atomic E-state index is 15.4. The minimum absolute atomic E-state index is 0.0907. The summed E-state index contributed by atoms with van der Waals surface area (Å²) in [7, 11) is 0. The van der Waals surface area contributed by atoms with Crippen molar-refractivity contribution in [3.8, 4) is 28.3 Å². The van der Waals surface area contributed by atoms with Crippen LogP contribution in [0, 0.1) is 11.6 Å². The summed E-state index contributed by atoms with van der Waals surface area (Å²) in [5.74, 6) is -0.961. The average Bonchev–Trinajstić information content (AvgIpc) is 3.45. The molecule has 43 heavy (non-hydrogen) atoms. The third kappa shape index (κ3) is 5.47. The predicted molar refractivity (Wildman–Crippen MR) is 158 cm³/mol. The molecule has 4 heterocycles. The largest absolute Gasteiger partial charge is 0.451 e. The fraction of sp³-hybridized carbons (Fsp3) is 0.0938. The minimum Gasteiger partial charge on any atom is -0.451 e. The zero-order valence-electron chi connectivity index (χ0n) is 23.0. The molecule has 0 aliphatic rings. The van der Waals surface area contributed by atoms with E-state index in [0.717, 1.165) is 6.07 Å². The van der Waals surface area contributed by atoms with Crippen molar-refractivity contribution in [1.29, 1.82) is 0 Å². The van der Waals surface area contributed by atoms with Gasteiger partial charge in [0, 0.05) is 59.3 Å². The monoisotopic (exact) mass is 578 g/mol. The first kappa shape index (κ1) is 27.5. The van der Waals surface area contributed by atoms with Crippen LogP contribution >= 0.6 is 0 Å². The van der Waals surface area contributed by atoms with Gasteiger partial charge in [-0.2, -0.15) is 0 Å². The summed E-state index contributed by atoms with van der Waals surface area (Å²) < 4.78 is 36.1. The number of amides is 1. The summed E-state index contributed by atoms with van der Waals surface area (Å²) >= 11 is 0. The Labute approximate surface area is 243 Å². The lowest BCUT2D eigenvalue weighted by Gasteiger charge is -2.13. The molecule has 0 radical (unpaired) electrons. The number of imidazole rings is 1. The normalized spacial score (nSPS) is 11.2. The molecule has 0 saturated carbocycles. The summed E-state index contributed by atoms with van der Waals surface area (Å²) in [6.45, 7) is 3.97. The highest BCUT2D eigenvalue weighted by molar-refractivity contribution is 6.04. The van der Waals surface area contributed by atoms with Crippen molar-refractivity contribution < 1.29 is 18.3 Å². The van der Waals surface area contributed by atoms with Crippen LogP contribution in [-0.2, 0) is 0 Å². The van der Waals surface area contributed by atoms with E-state index < -0.39 is 23.1 Å². The number of carbonyl (C=O) groups excluding carboxylic acids is 1. The van der Waals surface area contributed by atoms with Crippen molar-refractivity contribution in [2.24, 2.45) is 0 Å². The molecule has 0 aliphatic carbocycles. The molecular formula is C32H24F2N6O3. The molecular weight excluding hydrogens is 554 g/mol. The third-order valence-electron chi connectivity index (χ3n) is 6.70. The van der Waals surface area contributed by atoms with Gasteiger partial charge in [0.25, 0.3) is 11.5 Å². The first-order valence-corrected chi connectivity index (χ1v) is 13.3. The molecule has 6 aromatic rings. The molecule has 1 amide bonds. The number of aromatic nitrogens is 5. The van der Waals surface area contributed by atoms with Crippen LogP contribution in [0.5, 0.6) is 11.5 Å². The van der Waals surface area contributed by atoms with Crippen LogP contribution in [-0.4, -0.2) is 30.4 Å². The van der Waals surface area contributed by atoms with Crippen LogP contribution in [0.2, 0.25) is 0 Å². The lowest BCUT2D eigenvalue weighted by Crippen LogP contribution is -2.27. The molecule has 0 bridgehead atoms. The Bertz CT molecular complexity index is 2020. The Hall–Kier alpha value is -5.71. The second-order valence-electron chi connectivity index (χ2n) is 9.99. The van der Waals surface area contributed by atoms with E-state index in [-0.39, 0.29) is 22.9 Å². The lowest BCUT2D eigenvalue weighted by atomic mass is 10.1. The second-order valence-corrected chi connectivity index (χ2v) is 9.99. The molecule has 11 heteroatoms. The van der Waals surface area contributed by atoms with Crippen molar-refractivity contribution in [3.05, 3.63) is 125 Å². The highest BCUT2D eigenvalue weighted by atomic mass is 19.1. The number of rotatable bonds is 7. The second kappa shape index (κ2) is 11.3. The van der Waals surface area contributed by atoms with E-state index in [4.69, 9.17) is 4.74 Å². The SMILES string of the molecule is CC(C)c1nc2c(Oc3ccc(NC(=O)c4cccn(-c5ccc(F)cc5)c4=O)cc3F)c(-c3cccnc3)cnc2[nH]1. The average molecular weight is 579 g/mol. The standard InChI is InChI=1S/C32H24F2N6O3/c1-18(2)29-38-27-28(24(17-36-30(27)39-29)19-5-3-13-35-16-19)43-26-12-9-21(15-25(26)34)37-31(41)23-6-4-14-40(32(23)42)22-10-7-20(33)8-11-22/h3-18H,1-2H3,(H,37,41)(H,36,38,39). The van der Waals surface area contributed by atoms with E-state index in [9.17, 15) is 14.0 Å². The van der Waals surface area contributed by atoms with Crippen molar-refractivity contribution in [3.63, 3.8) is 0 Å². The Morgan fingerprint density at radius 1 is 1.02 bits per heavy atom. The van der Waals surface area contributed by atoms with Crippen LogP contribution in [0.3, 0.4) is 0 Å². The molecule has 0 spiro atoms. The molecule has 0 fully saturated rings. The van der Waals surface area contributed by atoms with E-state index in [1.54, 1.807) is 24.7 Å². The molecule has 2 aromatic carbocycles. The van der Waals surface area contributed by atoms with E-state index in [1.807, 2.05) is 19.9 Å². The van der Waals surface area contributed by atoms with Crippen LogP contribution in [0.15, 0.2) is 96.3 Å². The summed E-state index contributed by atoms with van der Waals surface area (Å²) in [5.41, 5.74) is 1.92. The van der Waals surface area contributed by atoms with Crippen LogP contribution < -0.4 is 15.6 Å². The first-order valence-electron chi connectivity index (χ1n) is 13.3. The van der Waals surface area contributed by atoms with Gasteiger partial charge in [-0.3, -0.25) is 19.1 Å². The van der Waals surface area contributed by atoms with Gasteiger partial charge in [0.1, 0.15) is 17.2 Å². The van der Waals surface area contributed by atoms with Gasteiger partial charge in [0.2, 0.25) is 0 Å². The number of pyridine rings is 3. The summed E-state index contributed by atoms with van der Waals surface area (Å²) in [4.78, 5) is 42.5. The van der Waals surface area contributed by atoms with E-state index in [2.05, 4.69) is 25.3 Å². The Kier molecular flexibility index (Phi) is 7.21. The molecule has 0 saturated heterocycles. The molecule has 0 unspecified atom stereocenters. The zero-order chi connectivity index (χ0) is 30.1. The van der Waals surface area contributed by atoms with Gasteiger partial charge >= 0.3 is 0 Å². The Morgan fingerprint density at radius 2 is 1.84 bits per heavy atom. The summed E-state index contributed by atoms with van der Waals surface area (Å²) in [5, 5.41) is 2.56. The highest BCUT2D eigenvalue weighted by Crippen LogP contribution is 2.39. The number of hydrogen-bond donors (Lipinski definition) is 2. The van der Waals surface area contributed by atoms with Crippen LogP contribution in [0.25, 0.3) is 28.0 Å². The number of nitrogens with one attached hydrogen (secondary N) is 2. The molecule has 9 nitrogen and oxygen atoms in total. The number of anilines is 1. The topological polar surface area (TPSA) is 115 Å². The number of nitrogens with zero attached hydrogens (tertiary/aromatic N) is 4. The van der Waals surface area contributed by atoms with Crippen LogP contribution in [0.1, 0.15) is 35.9 Å². The number of H-pyrrole nitrogens is 1. The molecule has 4 aromatic heterocycles. The first-order chi connectivity index (χ1) is 20.8. The molecule has 2 N–H and O–H groups in total. The maximum absolute atomic E-state index is 15.4. The Balaban J connectivity index is 1.30. The molecule has 0 aliphatic heterocycles. The molecule has 6 rings (SSSR count). The molecule has 0 atom stereocenters. The lowest BCUT2D eigenvalue weighted by molar-refractivity contribution is 0.102. The quantitative estimate of drug-likeness (QED) is 0.220. The molecule has 214 valence electrons. The zero-order valence-corrected chi connectivity index (χ0v) is 23.0. The van der Waals surface area contributed by atoms with E-state index in [1.165, 1.54) is 59.3 Å². The van der Waals surface area contributed by atoms with Gasteiger partial charge < -0.3 is 15.0 Å². The van der Waals surface area contributed by atoms with E-state index >= 15 is 4.39 Å². The van der Waals surface area contributed by atoms with Crippen molar-refractivity contribution >= 4 is 22.8 Å². The highest BCUT2D eigenvalue weighted by Gasteiger charge is 2.20. The number of hydrogen-bond acceptors (Lipinski definition) is 6. The van der Waals surface area contributed by atoms with Gasteiger partial charge in [-0.05, 0) is 54.6 Å². The van der Waals surface area contributed by atoms with E-state index in [0.29, 0.717) is 39.6 Å². The van der Waals surface area contributed by atoms with Gasteiger partial charge in [0.05, 0.1) is 0 Å². The number of fused-ring (bicyclic) bond motifs is 1. The van der Waals surface area contributed by atoms with Crippen LogP contribution in [0.4, 0.5) is 14.5 Å². The number of aromatic amines is 1. The van der Waals surface area contributed by atoms with Gasteiger partial charge in [-0.25, -0.2) is 18.7 Å². The maximum Gasteiger partial charge on any atom is 0.267 e. The van der Waals surface area contributed by atoms with Gasteiger partial charge in [-0.15, -0.1) is 0 Å². The fourth-order valence-electron chi connectivity index (χ4n) is 4.49. The van der Waals surface area contributed by atoms with Crippen molar-refractivity contribution in [2.45, 2.75) is 19.8 Å². The number of ether oxygens (including phenoxy) is 1. The smallest absolute Gasteiger partial charge is 0.267 e. The number of carbonyl (C=O) groups is 1. The third-order valence-corrected chi connectivity index (χ3v) is 6.70. The van der Waals surface area contributed by atoms with Crippen molar-refractivity contribution in [2.75, 3.05) is 5.32 Å². The van der Waals surface area contributed by atoms with Gasteiger partial charge in [-0.1, -0.05) is 19.9 Å². The van der Waals surface area contributed by atoms with Crippen molar-refractivity contribution in [1.82, 2.24) is 24.5 Å². The number of benzene rings is 2. The fourth-order valence-corrected chi connectivity index (χ4v) is 4.49. The Morgan fingerprint density at radius 3 is 2.56 bits per heavy atom. The predicted octanol–water partition coefficient (Wildman–Crippen LogP) is 6.62.